The van der Waals surface area contributed by atoms with Gasteiger partial charge in [-0.05, 0) is 30.0 Å². The smallest absolute Gasteiger partial charge is 0.258 e. The summed E-state index contributed by atoms with van der Waals surface area (Å²) in [5.41, 5.74) is 2.99. The van der Waals surface area contributed by atoms with Gasteiger partial charge >= 0.3 is 0 Å². The molecule has 24 heavy (non-hydrogen) atoms. The molecule has 1 aliphatic rings. The molecule has 2 atom stereocenters. The molecule has 0 bridgehead atoms. The maximum absolute atomic E-state index is 12.4. The van der Waals surface area contributed by atoms with E-state index in [9.17, 15) is 18.5 Å². The molecule has 0 saturated heterocycles. The third-order valence-corrected chi connectivity index (χ3v) is 5.90. The van der Waals surface area contributed by atoms with Crippen molar-refractivity contribution >= 4 is 15.7 Å². The first-order valence-electron chi connectivity index (χ1n) is 7.68. The summed E-state index contributed by atoms with van der Waals surface area (Å²) in [5, 5.41) is 10.7. The van der Waals surface area contributed by atoms with Crippen molar-refractivity contribution in [2.75, 3.05) is 5.75 Å². The number of nitro groups is 1. The number of fused-ring (bicyclic) bond motifs is 1. The second-order valence-corrected chi connectivity index (χ2v) is 7.87. The molecule has 2 aromatic carbocycles. The van der Waals surface area contributed by atoms with Gasteiger partial charge in [0.25, 0.3) is 5.69 Å². The molecule has 1 unspecified atom stereocenters. The average molecular weight is 346 g/mol. The highest BCUT2D eigenvalue weighted by molar-refractivity contribution is 7.89. The summed E-state index contributed by atoms with van der Waals surface area (Å²) < 4.78 is 27.4. The first-order chi connectivity index (χ1) is 11.4. The molecule has 0 heterocycles. The van der Waals surface area contributed by atoms with Gasteiger partial charge in [-0.15, -0.1) is 0 Å². The number of rotatable bonds is 6. The number of nitro benzene ring substituents is 1. The summed E-state index contributed by atoms with van der Waals surface area (Å²) in [6.07, 6.45) is 0.781. The molecule has 2 aromatic rings. The monoisotopic (exact) mass is 346 g/mol. The summed E-state index contributed by atoms with van der Waals surface area (Å²) in [6, 6.07) is 13.3. The first-order valence-corrected chi connectivity index (χ1v) is 9.33. The zero-order chi connectivity index (χ0) is 17.3. The van der Waals surface area contributed by atoms with Crippen molar-refractivity contribution in [1.29, 1.82) is 0 Å². The summed E-state index contributed by atoms with van der Waals surface area (Å²) in [4.78, 5) is 10.2. The van der Waals surface area contributed by atoms with E-state index >= 15 is 0 Å². The van der Waals surface area contributed by atoms with Crippen LogP contribution in [0.5, 0.6) is 0 Å². The molecule has 0 fully saturated rings. The first kappa shape index (κ1) is 16.6. The second kappa shape index (κ2) is 6.33. The van der Waals surface area contributed by atoms with Crippen LogP contribution < -0.4 is 4.72 Å². The SMILES string of the molecule is C[C@H](NS(=O)(=O)CC1Cc2ccccc21)c1ccc([N+](=O)[O-])cc1. The summed E-state index contributed by atoms with van der Waals surface area (Å²) in [6.45, 7) is 1.73. The maximum atomic E-state index is 12.4. The van der Waals surface area contributed by atoms with Gasteiger partial charge in [-0.25, -0.2) is 13.1 Å². The van der Waals surface area contributed by atoms with Crippen molar-refractivity contribution in [3.63, 3.8) is 0 Å². The Labute approximate surface area is 140 Å². The standard InChI is InChI=1S/C17H18N2O4S/c1-12(13-6-8-16(9-7-13)19(20)21)18-24(22,23)11-15-10-14-4-2-3-5-17(14)15/h2-9,12,15,18H,10-11H2,1H3/t12-,15?/m0/s1. The molecule has 0 saturated carbocycles. The lowest BCUT2D eigenvalue weighted by molar-refractivity contribution is -0.384. The molecule has 0 aromatic heterocycles. The minimum absolute atomic E-state index is 0.0140. The Kier molecular flexibility index (Phi) is 4.38. The van der Waals surface area contributed by atoms with E-state index in [0.717, 1.165) is 12.0 Å². The lowest BCUT2D eigenvalue weighted by Crippen LogP contribution is -2.34. The zero-order valence-corrected chi connectivity index (χ0v) is 14.0. The minimum atomic E-state index is -3.44. The van der Waals surface area contributed by atoms with Crippen LogP contribution in [0, 0.1) is 10.1 Å². The van der Waals surface area contributed by atoms with Gasteiger partial charge in [0.1, 0.15) is 0 Å². The highest BCUT2D eigenvalue weighted by Crippen LogP contribution is 2.35. The van der Waals surface area contributed by atoms with E-state index in [1.54, 1.807) is 19.1 Å². The third kappa shape index (κ3) is 3.47. The normalized spacial score (nSPS) is 17.6. The number of benzene rings is 2. The van der Waals surface area contributed by atoms with Crippen LogP contribution in [0.2, 0.25) is 0 Å². The van der Waals surface area contributed by atoms with Crippen LogP contribution in [-0.2, 0) is 16.4 Å². The van der Waals surface area contributed by atoms with Gasteiger partial charge in [0.15, 0.2) is 0 Å². The van der Waals surface area contributed by atoms with Gasteiger partial charge in [0.05, 0.1) is 10.7 Å². The highest BCUT2D eigenvalue weighted by atomic mass is 32.2. The van der Waals surface area contributed by atoms with E-state index in [1.165, 1.54) is 17.7 Å². The van der Waals surface area contributed by atoms with E-state index in [1.807, 2.05) is 24.3 Å². The molecule has 7 heteroatoms. The van der Waals surface area contributed by atoms with Crippen molar-refractivity contribution in [2.24, 2.45) is 0 Å². The predicted octanol–water partition coefficient (Wildman–Crippen LogP) is 2.92. The number of non-ortho nitro benzene ring substituents is 1. The van der Waals surface area contributed by atoms with E-state index < -0.39 is 21.0 Å². The predicted molar refractivity (Wildman–Crippen MR) is 91.3 cm³/mol. The Balaban J connectivity index is 1.65. The van der Waals surface area contributed by atoms with Crippen molar-refractivity contribution in [3.05, 3.63) is 75.3 Å². The molecule has 126 valence electrons. The number of nitrogens with one attached hydrogen (secondary N) is 1. The number of sulfonamides is 1. The van der Waals surface area contributed by atoms with E-state index in [-0.39, 0.29) is 17.4 Å². The average Bonchev–Trinajstić information content (AvgIpc) is 2.52. The molecular weight excluding hydrogens is 328 g/mol. The Hall–Kier alpha value is -2.25. The topological polar surface area (TPSA) is 89.3 Å². The highest BCUT2D eigenvalue weighted by Gasteiger charge is 2.30. The molecular formula is C17H18N2O4S. The second-order valence-electron chi connectivity index (χ2n) is 6.07. The lowest BCUT2D eigenvalue weighted by Gasteiger charge is -2.30. The van der Waals surface area contributed by atoms with Crippen LogP contribution >= 0.6 is 0 Å². The zero-order valence-electron chi connectivity index (χ0n) is 13.2. The van der Waals surface area contributed by atoms with Crippen LogP contribution in [0.4, 0.5) is 5.69 Å². The molecule has 0 radical (unpaired) electrons. The summed E-state index contributed by atoms with van der Waals surface area (Å²) >= 11 is 0. The third-order valence-electron chi connectivity index (χ3n) is 4.34. The maximum Gasteiger partial charge on any atom is 0.269 e. The van der Waals surface area contributed by atoms with Gasteiger partial charge < -0.3 is 0 Å². The Morgan fingerprint density at radius 1 is 1.21 bits per heavy atom. The molecule has 1 N–H and O–H groups in total. The fourth-order valence-electron chi connectivity index (χ4n) is 3.05. The number of nitrogens with zero attached hydrogens (tertiary/aromatic N) is 1. The molecule has 0 amide bonds. The van der Waals surface area contributed by atoms with Gasteiger partial charge in [-0.1, -0.05) is 36.4 Å². The van der Waals surface area contributed by atoms with Gasteiger partial charge in [-0.2, -0.15) is 0 Å². The van der Waals surface area contributed by atoms with Gasteiger partial charge in [0.2, 0.25) is 10.0 Å². The fraction of sp³-hybridized carbons (Fsp3) is 0.294. The van der Waals surface area contributed by atoms with Crippen LogP contribution in [0.25, 0.3) is 0 Å². The molecule has 0 spiro atoms. The van der Waals surface area contributed by atoms with E-state index in [4.69, 9.17) is 0 Å². The Bertz CT molecular complexity index is 862. The summed E-state index contributed by atoms with van der Waals surface area (Å²) in [5.74, 6) is 0.0872. The van der Waals surface area contributed by atoms with Gasteiger partial charge in [-0.3, -0.25) is 10.1 Å². The van der Waals surface area contributed by atoms with Crippen LogP contribution in [0.3, 0.4) is 0 Å². The molecule has 3 rings (SSSR count). The van der Waals surface area contributed by atoms with Crippen LogP contribution in [0.15, 0.2) is 48.5 Å². The quantitative estimate of drug-likeness (QED) is 0.643. The van der Waals surface area contributed by atoms with Crippen molar-refractivity contribution in [1.82, 2.24) is 4.72 Å². The summed E-state index contributed by atoms with van der Waals surface area (Å²) in [7, 11) is -3.44. The minimum Gasteiger partial charge on any atom is -0.258 e. The van der Waals surface area contributed by atoms with E-state index in [0.29, 0.717) is 5.56 Å². The van der Waals surface area contributed by atoms with Gasteiger partial charge in [0, 0.05) is 24.1 Å². The van der Waals surface area contributed by atoms with Crippen LogP contribution in [-0.4, -0.2) is 19.1 Å². The fourth-order valence-corrected chi connectivity index (χ4v) is 4.64. The molecule has 0 aliphatic heterocycles. The molecule has 1 aliphatic carbocycles. The Morgan fingerprint density at radius 3 is 2.50 bits per heavy atom. The van der Waals surface area contributed by atoms with Crippen molar-refractivity contribution in [3.8, 4) is 0 Å². The lowest BCUT2D eigenvalue weighted by atomic mass is 9.79. The van der Waals surface area contributed by atoms with E-state index in [2.05, 4.69) is 4.72 Å². The largest absolute Gasteiger partial charge is 0.269 e. The Morgan fingerprint density at radius 2 is 1.88 bits per heavy atom. The molecule has 6 nitrogen and oxygen atoms in total. The van der Waals surface area contributed by atoms with Crippen molar-refractivity contribution < 1.29 is 13.3 Å². The van der Waals surface area contributed by atoms with Crippen LogP contribution in [0.1, 0.15) is 35.6 Å². The number of hydrogen-bond donors (Lipinski definition) is 1. The van der Waals surface area contributed by atoms with Crippen molar-refractivity contribution in [2.45, 2.75) is 25.3 Å². The number of hydrogen-bond acceptors (Lipinski definition) is 4.